The zero-order valence-corrected chi connectivity index (χ0v) is 10.6. The van der Waals surface area contributed by atoms with E-state index < -0.39 is 0 Å². The van der Waals surface area contributed by atoms with Crippen molar-refractivity contribution in [1.29, 1.82) is 0 Å². The molecule has 3 aromatic rings. The fraction of sp³-hybridized carbons (Fsp3) is 0.143. The predicted molar refractivity (Wildman–Crippen MR) is 75.0 cm³/mol. The Balaban J connectivity index is 2.11. The van der Waals surface area contributed by atoms with E-state index in [0.717, 1.165) is 16.8 Å². The first-order chi connectivity index (χ1) is 9.15. The van der Waals surface area contributed by atoms with E-state index in [1.54, 1.807) is 35.3 Å². The van der Waals surface area contributed by atoms with Gasteiger partial charge in [0, 0.05) is 23.0 Å². The molecule has 0 amide bonds. The van der Waals surface area contributed by atoms with Gasteiger partial charge in [-0.25, -0.2) is 4.98 Å². The fourth-order valence-corrected chi connectivity index (χ4v) is 2.14. The van der Waals surface area contributed by atoms with Crippen molar-refractivity contribution in [3.63, 3.8) is 0 Å². The molecule has 0 saturated heterocycles. The number of anilines is 1. The Hall–Kier alpha value is -2.56. The van der Waals surface area contributed by atoms with Crippen LogP contribution in [0.2, 0.25) is 0 Å². The van der Waals surface area contributed by atoms with Gasteiger partial charge in [-0.2, -0.15) is 0 Å². The normalized spacial score (nSPS) is 11.0. The number of nitrogen functional groups attached to an aromatic ring is 1. The van der Waals surface area contributed by atoms with E-state index in [9.17, 15) is 4.79 Å². The van der Waals surface area contributed by atoms with Gasteiger partial charge in [0.15, 0.2) is 0 Å². The molecule has 1 aromatic carbocycles. The van der Waals surface area contributed by atoms with Crippen molar-refractivity contribution < 1.29 is 0 Å². The number of fused-ring (bicyclic) bond motifs is 1. The van der Waals surface area contributed by atoms with Crippen molar-refractivity contribution in [2.45, 2.75) is 13.5 Å². The maximum absolute atomic E-state index is 12.4. The lowest BCUT2D eigenvalue weighted by atomic mass is 10.1. The Morgan fingerprint density at radius 3 is 2.95 bits per heavy atom. The number of aryl methyl sites for hydroxylation is 1. The van der Waals surface area contributed by atoms with E-state index >= 15 is 0 Å². The number of rotatable bonds is 2. The summed E-state index contributed by atoms with van der Waals surface area (Å²) >= 11 is 0. The van der Waals surface area contributed by atoms with E-state index in [1.807, 2.05) is 13.0 Å². The second-order valence-electron chi connectivity index (χ2n) is 4.57. The summed E-state index contributed by atoms with van der Waals surface area (Å²) in [5, 5.41) is 1.53. The van der Waals surface area contributed by atoms with Crippen LogP contribution in [0.3, 0.4) is 0 Å². The molecule has 19 heavy (non-hydrogen) atoms. The summed E-state index contributed by atoms with van der Waals surface area (Å²) in [7, 11) is 0. The second-order valence-corrected chi connectivity index (χ2v) is 4.57. The lowest BCUT2D eigenvalue weighted by Gasteiger charge is -2.06. The number of aromatic amines is 1. The van der Waals surface area contributed by atoms with Crippen LogP contribution < -0.4 is 11.3 Å². The number of nitrogens with two attached hydrogens (primary N) is 1. The van der Waals surface area contributed by atoms with Crippen LogP contribution in [0.5, 0.6) is 0 Å². The quantitative estimate of drug-likeness (QED) is 0.683. The molecule has 96 valence electrons. The van der Waals surface area contributed by atoms with Gasteiger partial charge in [0.25, 0.3) is 5.56 Å². The topological polar surface area (TPSA) is 76.7 Å². The van der Waals surface area contributed by atoms with E-state index in [-0.39, 0.29) is 5.56 Å². The van der Waals surface area contributed by atoms with Gasteiger partial charge in [0.2, 0.25) is 0 Å². The van der Waals surface area contributed by atoms with Crippen LogP contribution in [-0.4, -0.2) is 14.5 Å². The minimum absolute atomic E-state index is 0.0279. The van der Waals surface area contributed by atoms with Crippen LogP contribution in [0.25, 0.3) is 10.8 Å². The number of H-pyrrole nitrogens is 1. The molecule has 5 heteroatoms. The highest BCUT2D eigenvalue weighted by atomic mass is 16.1. The standard InChI is InChI=1S/C14H14N4O/c1-9-13(17-8-16-9)7-18-5-4-10-6-11(15)2-3-12(10)14(18)19/h2-6,8H,7,15H2,1H3,(H,16,17). The molecule has 0 bridgehead atoms. The fourth-order valence-electron chi connectivity index (χ4n) is 2.14. The predicted octanol–water partition coefficient (Wildman–Crippen LogP) is 1.66. The number of hydrogen-bond donors (Lipinski definition) is 2. The van der Waals surface area contributed by atoms with Crippen LogP contribution in [0.1, 0.15) is 11.4 Å². The van der Waals surface area contributed by atoms with Gasteiger partial charge in [-0.3, -0.25) is 4.79 Å². The second kappa shape index (κ2) is 4.28. The maximum atomic E-state index is 12.4. The Bertz CT molecular complexity index is 801. The van der Waals surface area contributed by atoms with Crippen LogP contribution in [0, 0.1) is 6.92 Å². The average molecular weight is 254 g/mol. The maximum Gasteiger partial charge on any atom is 0.258 e. The van der Waals surface area contributed by atoms with E-state index in [4.69, 9.17) is 5.73 Å². The number of hydrogen-bond acceptors (Lipinski definition) is 3. The largest absolute Gasteiger partial charge is 0.399 e. The monoisotopic (exact) mass is 254 g/mol. The zero-order chi connectivity index (χ0) is 13.4. The SMILES string of the molecule is Cc1[nH]cnc1Cn1ccc2cc(N)ccc2c1=O. The molecule has 0 atom stereocenters. The van der Waals surface area contributed by atoms with Crippen LogP contribution in [-0.2, 0) is 6.54 Å². The van der Waals surface area contributed by atoms with Crippen LogP contribution in [0.15, 0.2) is 41.6 Å². The molecule has 3 rings (SSSR count). The smallest absolute Gasteiger partial charge is 0.258 e. The molecule has 0 unspecified atom stereocenters. The van der Waals surface area contributed by atoms with E-state index in [0.29, 0.717) is 17.6 Å². The summed E-state index contributed by atoms with van der Waals surface area (Å²) in [6.45, 7) is 2.41. The van der Waals surface area contributed by atoms with E-state index in [2.05, 4.69) is 9.97 Å². The molecule has 0 fully saturated rings. The zero-order valence-electron chi connectivity index (χ0n) is 10.6. The van der Waals surface area contributed by atoms with Crippen LogP contribution >= 0.6 is 0 Å². The Morgan fingerprint density at radius 1 is 1.37 bits per heavy atom. The first-order valence-electron chi connectivity index (χ1n) is 6.02. The van der Waals surface area contributed by atoms with Gasteiger partial charge >= 0.3 is 0 Å². The Morgan fingerprint density at radius 2 is 2.21 bits per heavy atom. The molecule has 2 heterocycles. The Kier molecular flexibility index (Phi) is 2.59. The molecular formula is C14H14N4O. The molecule has 0 aliphatic carbocycles. The summed E-state index contributed by atoms with van der Waals surface area (Å²) in [5.41, 5.74) is 8.20. The molecule has 0 aliphatic heterocycles. The third-order valence-electron chi connectivity index (χ3n) is 3.26. The summed E-state index contributed by atoms with van der Waals surface area (Å²) in [4.78, 5) is 19.6. The molecular weight excluding hydrogens is 240 g/mol. The van der Waals surface area contributed by atoms with Gasteiger partial charge in [-0.05, 0) is 36.6 Å². The lowest BCUT2D eigenvalue weighted by molar-refractivity contribution is 0.746. The Labute approximate surface area is 109 Å². The highest BCUT2D eigenvalue weighted by Gasteiger charge is 2.06. The molecule has 0 radical (unpaired) electrons. The summed E-state index contributed by atoms with van der Waals surface area (Å²) < 4.78 is 1.65. The van der Waals surface area contributed by atoms with Gasteiger partial charge in [0.05, 0.1) is 18.6 Å². The van der Waals surface area contributed by atoms with Crippen molar-refractivity contribution in [2.24, 2.45) is 0 Å². The minimum Gasteiger partial charge on any atom is -0.399 e. The first-order valence-corrected chi connectivity index (χ1v) is 6.02. The van der Waals surface area contributed by atoms with Crippen molar-refractivity contribution in [3.05, 3.63) is 58.5 Å². The summed E-state index contributed by atoms with van der Waals surface area (Å²) in [5.74, 6) is 0. The molecule has 5 nitrogen and oxygen atoms in total. The number of pyridine rings is 1. The van der Waals surface area contributed by atoms with Crippen LogP contribution in [0.4, 0.5) is 5.69 Å². The van der Waals surface area contributed by atoms with Gasteiger partial charge in [-0.1, -0.05) is 0 Å². The molecule has 0 spiro atoms. The summed E-state index contributed by atoms with van der Waals surface area (Å²) in [6, 6.07) is 7.21. The third-order valence-corrected chi connectivity index (χ3v) is 3.26. The number of imidazole rings is 1. The highest BCUT2D eigenvalue weighted by molar-refractivity contribution is 5.84. The van der Waals surface area contributed by atoms with Crippen molar-refractivity contribution >= 4 is 16.5 Å². The van der Waals surface area contributed by atoms with Crippen molar-refractivity contribution in [1.82, 2.24) is 14.5 Å². The molecule has 0 saturated carbocycles. The number of nitrogens with one attached hydrogen (secondary N) is 1. The minimum atomic E-state index is -0.0279. The average Bonchev–Trinajstić information content (AvgIpc) is 2.78. The lowest BCUT2D eigenvalue weighted by Crippen LogP contribution is -2.20. The van der Waals surface area contributed by atoms with Gasteiger partial charge in [0.1, 0.15) is 0 Å². The number of benzene rings is 1. The number of aromatic nitrogens is 3. The first kappa shape index (κ1) is 11.5. The number of nitrogens with zero attached hydrogens (tertiary/aromatic N) is 2. The summed E-state index contributed by atoms with van der Waals surface area (Å²) in [6.07, 6.45) is 3.41. The van der Waals surface area contributed by atoms with Crippen molar-refractivity contribution in [3.8, 4) is 0 Å². The molecule has 2 aromatic heterocycles. The molecule has 3 N–H and O–H groups in total. The molecule has 0 aliphatic rings. The van der Waals surface area contributed by atoms with Crippen molar-refractivity contribution in [2.75, 3.05) is 5.73 Å². The van der Waals surface area contributed by atoms with Gasteiger partial charge < -0.3 is 15.3 Å². The van der Waals surface area contributed by atoms with Gasteiger partial charge in [-0.15, -0.1) is 0 Å². The third kappa shape index (κ3) is 1.99. The van der Waals surface area contributed by atoms with E-state index in [1.165, 1.54) is 0 Å². The highest BCUT2D eigenvalue weighted by Crippen LogP contribution is 2.14.